The van der Waals surface area contributed by atoms with Gasteiger partial charge < -0.3 is 19.5 Å². The molecule has 20 heavy (non-hydrogen) atoms. The van der Waals surface area contributed by atoms with Gasteiger partial charge in [0.05, 0.1) is 12.7 Å². The molecule has 0 aliphatic heterocycles. The van der Waals surface area contributed by atoms with E-state index in [1.807, 2.05) is 0 Å². The van der Waals surface area contributed by atoms with E-state index in [1.54, 1.807) is 11.9 Å². The monoisotopic (exact) mass is 279 g/mol. The first-order valence-electron chi connectivity index (χ1n) is 6.32. The number of amides is 1. The van der Waals surface area contributed by atoms with Crippen LogP contribution in [0.4, 0.5) is 0 Å². The second-order valence-corrected chi connectivity index (χ2v) is 4.70. The highest BCUT2D eigenvalue weighted by molar-refractivity contribution is 5.88. The molecule has 0 aromatic heterocycles. The van der Waals surface area contributed by atoms with Gasteiger partial charge in [-0.1, -0.05) is 0 Å². The Labute approximate surface area is 116 Å². The van der Waals surface area contributed by atoms with Crippen LogP contribution in [0.25, 0.3) is 0 Å². The number of ether oxygens (including phenoxy) is 2. The molecule has 0 atom stereocenters. The molecule has 6 heteroatoms. The molecule has 0 bridgehead atoms. The van der Waals surface area contributed by atoms with Gasteiger partial charge in [-0.25, -0.2) is 4.79 Å². The number of carboxylic acid groups (broad SMARTS) is 1. The van der Waals surface area contributed by atoms with Crippen molar-refractivity contribution in [3.8, 4) is 11.5 Å². The van der Waals surface area contributed by atoms with E-state index in [0.29, 0.717) is 11.8 Å². The van der Waals surface area contributed by atoms with E-state index in [1.165, 1.54) is 25.3 Å². The number of carboxylic acids is 1. The van der Waals surface area contributed by atoms with Gasteiger partial charge in [0.2, 0.25) is 0 Å². The van der Waals surface area contributed by atoms with Crippen LogP contribution in [-0.2, 0) is 4.79 Å². The Morgan fingerprint density at radius 2 is 2.05 bits per heavy atom. The minimum atomic E-state index is -1.06. The van der Waals surface area contributed by atoms with Crippen LogP contribution in [0.15, 0.2) is 18.2 Å². The Bertz CT molecular complexity index is 524. The number of carbonyl (C=O) groups is 2. The Balaban J connectivity index is 2.05. The Morgan fingerprint density at radius 1 is 1.35 bits per heavy atom. The van der Waals surface area contributed by atoms with Crippen molar-refractivity contribution in [2.24, 2.45) is 0 Å². The molecule has 1 fully saturated rings. The predicted molar refractivity (Wildman–Crippen MR) is 71.2 cm³/mol. The second-order valence-electron chi connectivity index (χ2n) is 4.70. The summed E-state index contributed by atoms with van der Waals surface area (Å²) in [4.78, 5) is 24.4. The van der Waals surface area contributed by atoms with Crippen molar-refractivity contribution >= 4 is 11.9 Å². The zero-order valence-electron chi connectivity index (χ0n) is 11.5. The summed E-state index contributed by atoms with van der Waals surface area (Å²) in [6.07, 6.45) is 2.06. The van der Waals surface area contributed by atoms with Crippen LogP contribution < -0.4 is 9.47 Å². The first-order chi connectivity index (χ1) is 9.52. The van der Waals surface area contributed by atoms with Crippen LogP contribution >= 0.6 is 0 Å². The lowest BCUT2D eigenvalue weighted by atomic mass is 10.2. The largest absolute Gasteiger partial charge is 0.493 e. The zero-order valence-corrected chi connectivity index (χ0v) is 11.5. The van der Waals surface area contributed by atoms with Crippen LogP contribution in [0.5, 0.6) is 11.5 Å². The van der Waals surface area contributed by atoms with Gasteiger partial charge in [-0.3, -0.25) is 4.79 Å². The molecule has 0 unspecified atom stereocenters. The van der Waals surface area contributed by atoms with Gasteiger partial charge in [0.25, 0.3) is 5.91 Å². The van der Waals surface area contributed by atoms with Crippen molar-refractivity contribution in [2.45, 2.75) is 18.9 Å². The Hall–Kier alpha value is -2.24. The summed E-state index contributed by atoms with van der Waals surface area (Å²) in [5.74, 6) is -0.531. The van der Waals surface area contributed by atoms with E-state index in [4.69, 9.17) is 14.6 Å². The van der Waals surface area contributed by atoms with Crippen LogP contribution in [0.3, 0.4) is 0 Å². The number of methoxy groups -OCH3 is 1. The molecule has 1 N–H and O–H groups in total. The fraction of sp³-hybridized carbons (Fsp3) is 0.429. The molecule has 1 saturated carbocycles. The van der Waals surface area contributed by atoms with E-state index in [0.717, 1.165) is 12.8 Å². The zero-order chi connectivity index (χ0) is 14.7. The molecular weight excluding hydrogens is 262 g/mol. The minimum Gasteiger partial charge on any atom is -0.493 e. The third-order valence-electron chi connectivity index (χ3n) is 3.25. The predicted octanol–water partition coefficient (Wildman–Crippen LogP) is 1.39. The van der Waals surface area contributed by atoms with Crippen molar-refractivity contribution in [1.82, 2.24) is 4.90 Å². The molecule has 6 nitrogen and oxygen atoms in total. The van der Waals surface area contributed by atoms with E-state index in [9.17, 15) is 9.59 Å². The molecule has 0 saturated heterocycles. The molecule has 0 radical (unpaired) electrons. The molecule has 1 aliphatic carbocycles. The maximum atomic E-state index is 11.9. The van der Waals surface area contributed by atoms with Crippen molar-refractivity contribution in [3.63, 3.8) is 0 Å². The summed E-state index contributed by atoms with van der Waals surface area (Å²) in [7, 11) is 3.20. The van der Waals surface area contributed by atoms with E-state index in [2.05, 4.69) is 0 Å². The molecule has 2 rings (SSSR count). The summed E-state index contributed by atoms with van der Waals surface area (Å²) >= 11 is 0. The van der Waals surface area contributed by atoms with E-state index in [-0.39, 0.29) is 23.8 Å². The molecule has 1 aromatic carbocycles. The van der Waals surface area contributed by atoms with Gasteiger partial charge in [0, 0.05) is 13.1 Å². The summed E-state index contributed by atoms with van der Waals surface area (Å²) in [6.45, 7) is -0.133. The smallest absolute Gasteiger partial charge is 0.335 e. The number of rotatable bonds is 6. The average molecular weight is 279 g/mol. The quantitative estimate of drug-likeness (QED) is 0.851. The highest BCUT2D eigenvalue weighted by atomic mass is 16.5. The molecular formula is C14H17NO5. The number of carbonyl (C=O) groups excluding carboxylic acids is 1. The summed E-state index contributed by atoms with van der Waals surface area (Å²) in [6, 6.07) is 4.60. The minimum absolute atomic E-state index is 0.0868. The SMILES string of the molecule is COc1ccc(C(=O)O)cc1OCC(=O)N(C)C1CC1. The normalized spacial score (nSPS) is 13.7. The molecule has 1 aliphatic rings. The Morgan fingerprint density at radius 3 is 2.60 bits per heavy atom. The van der Waals surface area contributed by atoms with Crippen LogP contribution in [0.1, 0.15) is 23.2 Å². The topological polar surface area (TPSA) is 76.1 Å². The molecule has 108 valence electrons. The molecule has 1 aromatic rings. The van der Waals surface area contributed by atoms with Crippen molar-refractivity contribution in [1.29, 1.82) is 0 Å². The van der Waals surface area contributed by atoms with E-state index < -0.39 is 5.97 Å². The average Bonchev–Trinajstić information content (AvgIpc) is 3.27. The third-order valence-corrected chi connectivity index (χ3v) is 3.25. The number of benzene rings is 1. The van der Waals surface area contributed by atoms with Gasteiger partial charge in [-0.05, 0) is 31.0 Å². The van der Waals surface area contributed by atoms with Crippen molar-refractivity contribution in [3.05, 3.63) is 23.8 Å². The van der Waals surface area contributed by atoms with Crippen LogP contribution in [0.2, 0.25) is 0 Å². The lowest BCUT2D eigenvalue weighted by Gasteiger charge is -2.17. The van der Waals surface area contributed by atoms with Crippen LogP contribution in [0, 0.1) is 0 Å². The molecule has 0 spiro atoms. The Kier molecular flexibility index (Phi) is 4.12. The number of hydrogen-bond acceptors (Lipinski definition) is 4. The van der Waals surface area contributed by atoms with Gasteiger partial charge >= 0.3 is 5.97 Å². The van der Waals surface area contributed by atoms with Gasteiger partial charge in [-0.2, -0.15) is 0 Å². The van der Waals surface area contributed by atoms with Crippen molar-refractivity contribution in [2.75, 3.05) is 20.8 Å². The summed E-state index contributed by atoms with van der Waals surface area (Å²) in [5, 5.41) is 8.95. The number of aromatic carboxylic acids is 1. The fourth-order valence-electron chi connectivity index (χ4n) is 1.83. The third kappa shape index (κ3) is 3.20. The second kappa shape index (κ2) is 5.81. The highest BCUT2D eigenvalue weighted by Gasteiger charge is 2.29. The fourth-order valence-corrected chi connectivity index (χ4v) is 1.83. The lowest BCUT2D eigenvalue weighted by Crippen LogP contribution is -2.33. The summed E-state index contributed by atoms with van der Waals surface area (Å²) < 4.78 is 10.5. The first kappa shape index (κ1) is 14.2. The van der Waals surface area contributed by atoms with Gasteiger partial charge in [-0.15, -0.1) is 0 Å². The number of nitrogens with zero attached hydrogens (tertiary/aromatic N) is 1. The lowest BCUT2D eigenvalue weighted by molar-refractivity contribution is -0.132. The maximum absolute atomic E-state index is 11.9. The van der Waals surface area contributed by atoms with Crippen LogP contribution in [-0.4, -0.2) is 48.7 Å². The van der Waals surface area contributed by atoms with Gasteiger partial charge in [0.1, 0.15) is 0 Å². The number of hydrogen-bond donors (Lipinski definition) is 1. The van der Waals surface area contributed by atoms with Crippen molar-refractivity contribution < 1.29 is 24.2 Å². The molecule has 0 heterocycles. The maximum Gasteiger partial charge on any atom is 0.335 e. The summed E-state index contributed by atoms with van der Waals surface area (Å²) in [5.41, 5.74) is 0.0868. The van der Waals surface area contributed by atoms with E-state index >= 15 is 0 Å². The first-order valence-corrected chi connectivity index (χ1v) is 6.32. The number of likely N-dealkylation sites (N-methyl/N-ethyl adjacent to an activating group) is 1. The standard InChI is InChI=1S/C14H17NO5/c1-15(10-4-5-10)13(16)8-20-12-7-9(14(17)18)3-6-11(12)19-2/h3,6-7,10H,4-5,8H2,1-2H3,(H,17,18). The highest BCUT2D eigenvalue weighted by Crippen LogP contribution is 2.29. The van der Waals surface area contributed by atoms with Gasteiger partial charge in [0.15, 0.2) is 18.1 Å². The molecule has 1 amide bonds.